The molecule has 1 saturated carbocycles. The van der Waals surface area contributed by atoms with Crippen LogP contribution in [0.1, 0.15) is 38.5 Å². The number of carbonyl (C=O) groups is 1. The smallest absolute Gasteiger partial charge is 0.234 e. The van der Waals surface area contributed by atoms with Crippen LogP contribution in [0.4, 0.5) is 0 Å². The number of hydrogen-bond donors (Lipinski definition) is 2. The SMILES string of the molecule is NC(=O)[C@@H](N)C1CCCCCC1. The lowest BCUT2D eigenvalue weighted by Gasteiger charge is -2.18. The van der Waals surface area contributed by atoms with Crippen LogP contribution >= 0.6 is 0 Å². The van der Waals surface area contributed by atoms with Gasteiger partial charge in [0.1, 0.15) is 0 Å². The Labute approximate surface area is 73.5 Å². The Morgan fingerprint density at radius 1 is 1.17 bits per heavy atom. The molecule has 0 aromatic heterocycles. The van der Waals surface area contributed by atoms with Gasteiger partial charge in [-0.15, -0.1) is 0 Å². The average molecular weight is 170 g/mol. The van der Waals surface area contributed by atoms with Gasteiger partial charge in [-0.25, -0.2) is 0 Å². The Bertz CT molecular complexity index is 151. The van der Waals surface area contributed by atoms with Gasteiger partial charge in [0.05, 0.1) is 6.04 Å². The fourth-order valence-corrected chi connectivity index (χ4v) is 1.90. The summed E-state index contributed by atoms with van der Waals surface area (Å²) in [5.74, 6) is -0.00750. The first-order valence-corrected chi connectivity index (χ1v) is 4.76. The second-order valence-electron chi connectivity index (χ2n) is 3.68. The van der Waals surface area contributed by atoms with Crippen molar-refractivity contribution in [2.45, 2.75) is 44.6 Å². The minimum Gasteiger partial charge on any atom is -0.368 e. The number of nitrogens with two attached hydrogens (primary N) is 2. The van der Waals surface area contributed by atoms with E-state index in [2.05, 4.69) is 0 Å². The van der Waals surface area contributed by atoms with Crippen molar-refractivity contribution in [3.63, 3.8) is 0 Å². The fraction of sp³-hybridized carbons (Fsp3) is 0.889. The number of carbonyl (C=O) groups excluding carboxylic acids is 1. The van der Waals surface area contributed by atoms with E-state index in [1.807, 2.05) is 0 Å². The molecular formula is C9H18N2O. The van der Waals surface area contributed by atoms with Gasteiger partial charge in [-0.2, -0.15) is 0 Å². The molecule has 12 heavy (non-hydrogen) atoms. The second kappa shape index (κ2) is 4.45. The Morgan fingerprint density at radius 2 is 1.67 bits per heavy atom. The lowest BCUT2D eigenvalue weighted by Crippen LogP contribution is -2.42. The highest BCUT2D eigenvalue weighted by atomic mass is 16.1. The van der Waals surface area contributed by atoms with Gasteiger partial charge in [0.2, 0.25) is 5.91 Å². The normalized spacial score (nSPS) is 23.1. The van der Waals surface area contributed by atoms with E-state index in [4.69, 9.17) is 11.5 Å². The zero-order chi connectivity index (χ0) is 8.97. The molecule has 0 heterocycles. The van der Waals surface area contributed by atoms with Crippen molar-refractivity contribution in [1.29, 1.82) is 0 Å². The van der Waals surface area contributed by atoms with E-state index in [9.17, 15) is 4.79 Å². The summed E-state index contributed by atoms with van der Waals surface area (Å²) in [4.78, 5) is 10.8. The van der Waals surface area contributed by atoms with Crippen LogP contribution in [-0.4, -0.2) is 11.9 Å². The van der Waals surface area contributed by atoms with Crippen molar-refractivity contribution >= 4 is 5.91 Å². The summed E-state index contributed by atoms with van der Waals surface area (Å²) in [5.41, 5.74) is 10.8. The van der Waals surface area contributed by atoms with E-state index in [0.717, 1.165) is 12.8 Å². The van der Waals surface area contributed by atoms with E-state index >= 15 is 0 Å². The van der Waals surface area contributed by atoms with Gasteiger partial charge in [0.15, 0.2) is 0 Å². The highest BCUT2D eigenvalue weighted by molar-refractivity contribution is 5.79. The monoisotopic (exact) mass is 170 g/mol. The summed E-state index contributed by atoms with van der Waals surface area (Å²) in [5, 5.41) is 0. The maximum Gasteiger partial charge on any atom is 0.234 e. The third kappa shape index (κ3) is 2.48. The van der Waals surface area contributed by atoms with Crippen LogP contribution in [0.2, 0.25) is 0 Å². The molecule has 1 fully saturated rings. The molecular weight excluding hydrogens is 152 g/mol. The van der Waals surface area contributed by atoms with E-state index in [-0.39, 0.29) is 5.91 Å². The summed E-state index contributed by atoms with van der Waals surface area (Å²) in [6, 6.07) is -0.414. The lowest BCUT2D eigenvalue weighted by molar-refractivity contribution is -0.120. The minimum absolute atomic E-state index is 0.338. The predicted molar refractivity (Wildman–Crippen MR) is 48.4 cm³/mol. The van der Waals surface area contributed by atoms with Crippen LogP contribution in [0.3, 0.4) is 0 Å². The zero-order valence-corrected chi connectivity index (χ0v) is 7.46. The Morgan fingerprint density at radius 3 is 2.08 bits per heavy atom. The first-order chi connectivity index (χ1) is 5.72. The quantitative estimate of drug-likeness (QED) is 0.601. The average Bonchev–Trinajstić information content (AvgIpc) is 2.30. The van der Waals surface area contributed by atoms with E-state index < -0.39 is 6.04 Å². The van der Waals surface area contributed by atoms with Crippen molar-refractivity contribution in [1.82, 2.24) is 0 Å². The van der Waals surface area contributed by atoms with Crippen LogP contribution in [0, 0.1) is 5.92 Å². The fourth-order valence-electron chi connectivity index (χ4n) is 1.90. The van der Waals surface area contributed by atoms with Crippen LogP contribution in [0.25, 0.3) is 0 Å². The molecule has 4 N–H and O–H groups in total. The van der Waals surface area contributed by atoms with Gasteiger partial charge < -0.3 is 11.5 Å². The maximum atomic E-state index is 10.8. The molecule has 70 valence electrons. The number of rotatable bonds is 2. The molecule has 0 unspecified atom stereocenters. The van der Waals surface area contributed by atoms with E-state index in [1.165, 1.54) is 25.7 Å². The molecule has 3 nitrogen and oxygen atoms in total. The largest absolute Gasteiger partial charge is 0.368 e. The second-order valence-corrected chi connectivity index (χ2v) is 3.68. The zero-order valence-electron chi connectivity index (χ0n) is 7.46. The first-order valence-electron chi connectivity index (χ1n) is 4.76. The molecule has 1 rings (SSSR count). The third-order valence-electron chi connectivity index (χ3n) is 2.74. The summed E-state index contributed by atoms with van der Waals surface area (Å²) in [6.07, 6.45) is 7.11. The molecule has 1 amide bonds. The highest BCUT2D eigenvalue weighted by Gasteiger charge is 2.22. The van der Waals surface area contributed by atoms with Crippen LogP contribution in [0.15, 0.2) is 0 Å². The van der Waals surface area contributed by atoms with Crippen LogP contribution in [-0.2, 0) is 4.79 Å². The molecule has 1 aliphatic rings. The molecule has 1 aliphatic carbocycles. The van der Waals surface area contributed by atoms with Crippen molar-refractivity contribution in [2.75, 3.05) is 0 Å². The van der Waals surface area contributed by atoms with Crippen molar-refractivity contribution in [3.8, 4) is 0 Å². The van der Waals surface area contributed by atoms with Crippen LogP contribution < -0.4 is 11.5 Å². The number of primary amides is 1. The summed E-state index contributed by atoms with van der Waals surface area (Å²) in [7, 11) is 0. The van der Waals surface area contributed by atoms with Gasteiger partial charge in [-0.3, -0.25) is 4.79 Å². The molecule has 0 spiro atoms. The summed E-state index contributed by atoms with van der Waals surface area (Å²) >= 11 is 0. The van der Waals surface area contributed by atoms with Gasteiger partial charge in [0, 0.05) is 0 Å². The Kier molecular flexibility index (Phi) is 3.53. The van der Waals surface area contributed by atoms with Crippen LogP contribution in [0.5, 0.6) is 0 Å². The number of amides is 1. The molecule has 0 aliphatic heterocycles. The predicted octanol–water partition coefficient (Wildman–Crippen LogP) is 0.769. The van der Waals surface area contributed by atoms with Gasteiger partial charge in [-0.1, -0.05) is 25.7 Å². The topological polar surface area (TPSA) is 69.1 Å². The molecule has 0 bridgehead atoms. The molecule has 0 aromatic rings. The standard InChI is InChI=1S/C9H18N2O/c10-8(9(11)12)7-5-3-1-2-4-6-7/h7-8H,1-6,10H2,(H2,11,12)/t8-/m0/s1. The van der Waals surface area contributed by atoms with E-state index in [0.29, 0.717) is 5.92 Å². The Balaban J connectivity index is 2.42. The van der Waals surface area contributed by atoms with Crippen molar-refractivity contribution in [2.24, 2.45) is 17.4 Å². The maximum absolute atomic E-state index is 10.8. The van der Waals surface area contributed by atoms with Crippen molar-refractivity contribution < 1.29 is 4.79 Å². The summed E-state index contributed by atoms with van der Waals surface area (Å²) in [6.45, 7) is 0. The van der Waals surface area contributed by atoms with Gasteiger partial charge in [0.25, 0.3) is 0 Å². The van der Waals surface area contributed by atoms with Gasteiger partial charge in [-0.05, 0) is 18.8 Å². The molecule has 0 radical (unpaired) electrons. The van der Waals surface area contributed by atoms with Crippen molar-refractivity contribution in [3.05, 3.63) is 0 Å². The minimum atomic E-state index is -0.414. The first kappa shape index (κ1) is 9.52. The molecule has 0 saturated heterocycles. The highest BCUT2D eigenvalue weighted by Crippen LogP contribution is 2.24. The van der Waals surface area contributed by atoms with Gasteiger partial charge >= 0.3 is 0 Å². The molecule has 1 atom stereocenters. The molecule has 3 heteroatoms. The lowest BCUT2D eigenvalue weighted by atomic mass is 9.92. The molecule has 0 aromatic carbocycles. The Hall–Kier alpha value is -0.570. The van der Waals surface area contributed by atoms with E-state index in [1.54, 1.807) is 0 Å². The third-order valence-corrected chi connectivity index (χ3v) is 2.74. The number of hydrogen-bond acceptors (Lipinski definition) is 2. The summed E-state index contributed by atoms with van der Waals surface area (Å²) < 4.78 is 0.